The molecule has 1 aliphatic rings. The van der Waals surface area contributed by atoms with E-state index >= 15 is 0 Å². The van der Waals surface area contributed by atoms with Crippen LogP contribution in [0.15, 0.2) is 53.0 Å². The van der Waals surface area contributed by atoms with Crippen molar-refractivity contribution in [2.75, 3.05) is 11.9 Å². The number of nitrogens with one attached hydrogen (secondary N) is 1. The van der Waals surface area contributed by atoms with E-state index in [1.165, 1.54) is 18.4 Å². The number of hydrogen-bond acceptors (Lipinski definition) is 2. The van der Waals surface area contributed by atoms with Gasteiger partial charge in [0.1, 0.15) is 0 Å². The molecule has 0 aromatic heterocycles. The second kappa shape index (κ2) is 5.98. The van der Waals surface area contributed by atoms with Crippen molar-refractivity contribution in [3.8, 4) is 0 Å². The van der Waals surface area contributed by atoms with Gasteiger partial charge in [-0.05, 0) is 57.9 Å². The summed E-state index contributed by atoms with van der Waals surface area (Å²) in [6.45, 7) is 0.0735. The Labute approximate surface area is 128 Å². The van der Waals surface area contributed by atoms with E-state index in [0.717, 1.165) is 21.6 Å². The molecule has 0 spiro atoms. The van der Waals surface area contributed by atoms with Gasteiger partial charge in [0, 0.05) is 10.2 Å². The van der Waals surface area contributed by atoms with E-state index in [-0.39, 0.29) is 12.6 Å². The Kier molecular flexibility index (Phi) is 4.08. The average molecular weight is 332 g/mol. The molecule has 1 unspecified atom stereocenters. The number of anilines is 1. The van der Waals surface area contributed by atoms with E-state index in [1.807, 2.05) is 24.3 Å². The Balaban J connectivity index is 1.77. The molecule has 0 aliphatic heterocycles. The first-order valence-electron chi connectivity index (χ1n) is 6.99. The third kappa shape index (κ3) is 3.05. The SMILES string of the molecule is OCC(Nc1ccccc1Br)c1ccc(C2CC2)cc1. The Morgan fingerprint density at radius 2 is 1.80 bits per heavy atom. The molecule has 1 aliphatic carbocycles. The Bertz CT molecular complexity index is 578. The number of aliphatic hydroxyl groups excluding tert-OH is 1. The van der Waals surface area contributed by atoms with Gasteiger partial charge in [-0.2, -0.15) is 0 Å². The van der Waals surface area contributed by atoms with Crippen LogP contribution in [-0.2, 0) is 0 Å². The monoisotopic (exact) mass is 331 g/mol. The van der Waals surface area contributed by atoms with Crippen molar-refractivity contribution in [3.05, 3.63) is 64.1 Å². The van der Waals surface area contributed by atoms with E-state index in [1.54, 1.807) is 0 Å². The molecule has 3 rings (SSSR count). The first kappa shape index (κ1) is 13.7. The van der Waals surface area contributed by atoms with Crippen LogP contribution in [-0.4, -0.2) is 11.7 Å². The number of hydrogen-bond donors (Lipinski definition) is 2. The fourth-order valence-electron chi connectivity index (χ4n) is 2.42. The lowest BCUT2D eigenvalue weighted by atomic mass is 10.0. The highest BCUT2D eigenvalue weighted by atomic mass is 79.9. The summed E-state index contributed by atoms with van der Waals surface area (Å²) in [5, 5.41) is 13.0. The van der Waals surface area contributed by atoms with Gasteiger partial charge in [0.15, 0.2) is 0 Å². The largest absolute Gasteiger partial charge is 0.394 e. The summed E-state index contributed by atoms with van der Waals surface area (Å²) in [6, 6.07) is 16.5. The normalized spacial score (nSPS) is 15.9. The number of benzene rings is 2. The molecule has 20 heavy (non-hydrogen) atoms. The van der Waals surface area contributed by atoms with Gasteiger partial charge in [0.25, 0.3) is 0 Å². The van der Waals surface area contributed by atoms with E-state index in [4.69, 9.17) is 0 Å². The topological polar surface area (TPSA) is 32.3 Å². The highest BCUT2D eigenvalue weighted by Crippen LogP contribution is 2.40. The maximum Gasteiger partial charge on any atom is 0.0745 e. The molecule has 0 radical (unpaired) electrons. The zero-order valence-corrected chi connectivity index (χ0v) is 12.8. The van der Waals surface area contributed by atoms with Crippen molar-refractivity contribution in [1.82, 2.24) is 0 Å². The van der Waals surface area contributed by atoms with Crippen LogP contribution >= 0.6 is 15.9 Å². The molecular weight excluding hydrogens is 314 g/mol. The first-order chi connectivity index (χ1) is 9.78. The van der Waals surface area contributed by atoms with E-state index < -0.39 is 0 Å². The van der Waals surface area contributed by atoms with Gasteiger partial charge < -0.3 is 10.4 Å². The average Bonchev–Trinajstić information content (AvgIpc) is 3.31. The summed E-state index contributed by atoms with van der Waals surface area (Å²) < 4.78 is 1.01. The summed E-state index contributed by atoms with van der Waals surface area (Å²) in [6.07, 6.45) is 2.63. The Morgan fingerprint density at radius 1 is 1.10 bits per heavy atom. The Hall–Kier alpha value is -1.32. The van der Waals surface area contributed by atoms with Crippen LogP contribution < -0.4 is 5.32 Å². The quantitative estimate of drug-likeness (QED) is 0.847. The standard InChI is InChI=1S/C17H18BrNO/c18-15-3-1-2-4-16(15)19-17(11-20)14-9-7-13(8-10-14)12-5-6-12/h1-4,7-10,12,17,19-20H,5-6,11H2. The molecule has 1 atom stereocenters. The van der Waals surface area contributed by atoms with Crippen LogP contribution in [0.3, 0.4) is 0 Å². The van der Waals surface area contributed by atoms with Gasteiger partial charge in [-0.15, -0.1) is 0 Å². The molecule has 0 bridgehead atoms. The number of aliphatic hydroxyl groups is 1. The van der Waals surface area contributed by atoms with Gasteiger partial charge in [0.05, 0.1) is 12.6 Å². The van der Waals surface area contributed by atoms with Crippen molar-refractivity contribution in [3.63, 3.8) is 0 Å². The maximum absolute atomic E-state index is 9.64. The second-order valence-corrected chi connectivity index (χ2v) is 6.15. The van der Waals surface area contributed by atoms with Gasteiger partial charge in [-0.3, -0.25) is 0 Å². The highest BCUT2D eigenvalue weighted by molar-refractivity contribution is 9.10. The molecule has 2 nitrogen and oxygen atoms in total. The molecular formula is C17H18BrNO. The van der Waals surface area contributed by atoms with Crippen LogP contribution in [0.1, 0.15) is 35.9 Å². The third-order valence-corrected chi connectivity index (χ3v) is 4.47. The molecule has 0 amide bonds. The minimum absolute atomic E-state index is 0.0735. The van der Waals surface area contributed by atoms with E-state index in [2.05, 4.69) is 45.5 Å². The molecule has 1 fully saturated rings. The number of para-hydroxylation sites is 1. The second-order valence-electron chi connectivity index (χ2n) is 5.30. The van der Waals surface area contributed by atoms with Crippen molar-refractivity contribution in [1.29, 1.82) is 0 Å². The number of halogens is 1. The lowest BCUT2D eigenvalue weighted by Crippen LogP contribution is -2.15. The summed E-state index contributed by atoms with van der Waals surface area (Å²) in [5.74, 6) is 0.771. The minimum atomic E-state index is -0.0815. The van der Waals surface area contributed by atoms with Crippen LogP contribution in [0.25, 0.3) is 0 Å². The van der Waals surface area contributed by atoms with Crippen molar-refractivity contribution >= 4 is 21.6 Å². The summed E-state index contributed by atoms with van der Waals surface area (Å²) in [7, 11) is 0. The predicted molar refractivity (Wildman–Crippen MR) is 86.0 cm³/mol. The molecule has 0 heterocycles. The fraction of sp³-hybridized carbons (Fsp3) is 0.294. The van der Waals surface area contributed by atoms with Gasteiger partial charge in [0.2, 0.25) is 0 Å². The van der Waals surface area contributed by atoms with Gasteiger partial charge in [-0.1, -0.05) is 36.4 Å². The van der Waals surface area contributed by atoms with Crippen LogP contribution in [0, 0.1) is 0 Å². The zero-order valence-electron chi connectivity index (χ0n) is 11.2. The molecule has 104 valence electrons. The first-order valence-corrected chi connectivity index (χ1v) is 7.79. The molecule has 2 aromatic carbocycles. The van der Waals surface area contributed by atoms with Crippen molar-refractivity contribution in [2.24, 2.45) is 0 Å². The Morgan fingerprint density at radius 3 is 2.40 bits per heavy atom. The summed E-state index contributed by atoms with van der Waals surface area (Å²) in [4.78, 5) is 0. The smallest absolute Gasteiger partial charge is 0.0745 e. The molecule has 0 saturated heterocycles. The lowest BCUT2D eigenvalue weighted by Gasteiger charge is -2.19. The highest BCUT2D eigenvalue weighted by Gasteiger charge is 2.23. The van der Waals surface area contributed by atoms with E-state index in [0.29, 0.717) is 0 Å². The van der Waals surface area contributed by atoms with E-state index in [9.17, 15) is 5.11 Å². The predicted octanol–water partition coefficient (Wildman–Crippen LogP) is 4.47. The number of rotatable bonds is 5. The van der Waals surface area contributed by atoms with Gasteiger partial charge in [-0.25, -0.2) is 0 Å². The summed E-state index contributed by atoms with van der Waals surface area (Å²) in [5.41, 5.74) is 3.54. The molecule has 2 N–H and O–H groups in total. The third-order valence-electron chi connectivity index (χ3n) is 3.77. The van der Waals surface area contributed by atoms with Crippen molar-refractivity contribution in [2.45, 2.75) is 24.8 Å². The van der Waals surface area contributed by atoms with Crippen molar-refractivity contribution < 1.29 is 5.11 Å². The summed E-state index contributed by atoms with van der Waals surface area (Å²) >= 11 is 3.52. The van der Waals surface area contributed by atoms with Gasteiger partial charge >= 0.3 is 0 Å². The maximum atomic E-state index is 9.64. The lowest BCUT2D eigenvalue weighted by molar-refractivity contribution is 0.276. The zero-order chi connectivity index (χ0) is 13.9. The molecule has 2 aromatic rings. The minimum Gasteiger partial charge on any atom is -0.394 e. The van der Waals surface area contributed by atoms with Crippen LogP contribution in [0.4, 0.5) is 5.69 Å². The van der Waals surface area contributed by atoms with Crippen LogP contribution in [0.2, 0.25) is 0 Å². The molecule has 3 heteroatoms. The van der Waals surface area contributed by atoms with Crippen LogP contribution in [0.5, 0.6) is 0 Å². The fourth-order valence-corrected chi connectivity index (χ4v) is 2.82. The molecule has 1 saturated carbocycles.